The largest absolute Gasteiger partial charge is 0.348 e. The van der Waals surface area contributed by atoms with Crippen LogP contribution in [0.1, 0.15) is 15.9 Å². The molecule has 6 nitrogen and oxygen atoms in total. The Labute approximate surface area is 119 Å². The van der Waals surface area contributed by atoms with Gasteiger partial charge in [-0.15, -0.1) is 0 Å². The van der Waals surface area contributed by atoms with Gasteiger partial charge >= 0.3 is 0 Å². The predicted molar refractivity (Wildman–Crippen MR) is 73.5 cm³/mol. The van der Waals surface area contributed by atoms with Crippen molar-refractivity contribution in [2.45, 2.75) is 6.54 Å². The highest BCUT2D eigenvalue weighted by atomic mass is 35.5. The van der Waals surface area contributed by atoms with E-state index in [9.17, 15) is 14.9 Å². The van der Waals surface area contributed by atoms with Gasteiger partial charge in [-0.1, -0.05) is 23.7 Å². The Morgan fingerprint density at radius 3 is 2.80 bits per heavy atom. The molecule has 1 aromatic heterocycles. The topological polar surface area (TPSA) is 85.1 Å². The number of benzene rings is 1. The number of pyridine rings is 1. The van der Waals surface area contributed by atoms with Crippen molar-refractivity contribution in [1.29, 1.82) is 0 Å². The molecule has 0 radical (unpaired) electrons. The maximum absolute atomic E-state index is 12.0. The van der Waals surface area contributed by atoms with E-state index in [1.807, 2.05) is 6.07 Å². The summed E-state index contributed by atoms with van der Waals surface area (Å²) in [6.07, 6.45) is 3.25. The standard InChI is InChI=1S/C13H10ClN3O3/c14-12-10(4-1-5-11(12)17(19)20)13(18)16-8-9-3-2-6-15-7-9/h1-7H,8H2,(H,16,18). The van der Waals surface area contributed by atoms with Crippen LogP contribution in [0.3, 0.4) is 0 Å². The molecule has 0 aliphatic heterocycles. The number of halogens is 1. The maximum Gasteiger partial charge on any atom is 0.288 e. The number of amides is 1. The van der Waals surface area contributed by atoms with E-state index in [-0.39, 0.29) is 22.8 Å². The predicted octanol–water partition coefficient (Wildman–Crippen LogP) is 2.57. The third-order valence-corrected chi connectivity index (χ3v) is 2.99. The van der Waals surface area contributed by atoms with Crippen LogP contribution in [0.25, 0.3) is 0 Å². The molecule has 20 heavy (non-hydrogen) atoms. The number of nitrogens with zero attached hydrogens (tertiary/aromatic N) is 2. The van der Waals surface area contributed by atoms with Crippen LogP contribution in [0, 0.1) is 10.1 Å². The second-order valence-corrected chi connectivity index (χ2v) is 4.32. The van der Waals surface area contributed by atoms with Gasteiger partial charge in [-0.25, -0.2) is 0 Å². The lowest BCUT2D eigenvalue weighted by atomic mass is 10.2. The fourth-order valence-corrected chi connectivity index (χ4v) is 1.90. The van der Waals surface area contributed by atoms with Crippen molar-refractivity contribution in [3.8, 4) is 0 Å². The summed E-state index contributed by atoms with van der Waals surface area (Å²) in [5, 5.41) is 13.2. The minimum Gasteiger partial charge on any atom is -0.348 e. The van der Waals surface area contributed by atoms with Gasteiger partial charge in [0.05, 0.1) is 10.5 Å². The lowest BCUT2D eigenvalue weighted by molar-refractivity contribution is -0.384. The summed E-state index contributed by atoms with van der Waals surface area (Å²) in [5.41, 5.74) is 0.604. The lowest BCUT2D eigenvalue weighted by Crippen LogP contribution is -2.23. The lowest BCUT2D eigenvalue weighted by Gasteiger charge is -2.06. The molecule has 2 rings (SSSR count). The highest BCUT2D eigenvalue weighted by Crippen LogP contribution is 2.27. The number of nitrogens with one attached hydrogen (secondary N) is 1. The molecule has 1 amide bonds. The molecule has 0 aliphatic carbocycles. The van der Waals surface area contributed by atoms with Crippen LogP contribution in [0.4, 0.5) is 5.69 Å². The van der Waals surface area contributed by atoms with Crippen molar-refractivity contribution >= 4 is 23.2 Å². The summed E-state index contributed by atoms with van der Waals surface area (Å²) >= 11 is 5.87. The zero-order valence-electron chi connectivity index (χ0n) is 10.2. The fraction of sp³-hybridized carbons (Fsp3) is 0.0769. The number of nitro benzene ring substituents is 1. The molecule has 0 aliphatic rings. The Morgan fingerprint density at radius 1 is 1.35 bits per heavy atom. The molecule has 2 aromatic rings. The molecule has 0 fully saturated rings. The van der Waals surface area contributed by atoms with Gasteiger partial charge in [-0.3, -0.25) is 19.9 Å². The smallest absolute Gasteiger partial charge is 0.288 e. The molecule has 0 unspecified atom stereocenters. The first-order valence-corrected chi connectivity index (χ1v) is 6.07. The summed E-state index contributed by atoms with van der Waals surface area (Å²) in [5.74, 6) is -0.470. The molecule has 102 valence electrons. The van der Waals surface area contributed by atoms with E-state index in [4.69, 9.17) is 11.6 Å². The molecule has 0 spiro atoms. The van der Waals surface area contributed by atoms with Gasteiger partial charge in [0.15, 0.2) is 0 Å². The first-order chi connectivity index (χ1) is 9.59. The summed E-state index contributed by atoms with van der Waals surface area (Å²) in [6.45, 7) is 0.270. The average Bonchev–Trinajstić information content (AvgIpc) is 2.46. The van der Waals surface area contributed by atoms with Gasteiger partial charge in [-0.05, 0) is 17.7 Å². The normalized spacial score (nSPS) is 10.1. The van der Waals surface area contributed by atoms with Crippen LogP contribution in [-0.4, -0.2) is 15.8 Å². The first-order valence-electron chi connectivity index (χ1n) is 5.69. The van der Waals surface area contributed by atoms with Crippen LogP contribution in [0.5, 0.6) is 0 Å². The van der Waals surface area contributed by atoms with E-state index in [0.717, 1.165) is 5.56 Å². The Morgan fingerprint density at radius 2 is 2.15 bits per heavy atom. The average molecular weight is 292 g/mol. The minimum absolute atomic E-state index is 0.0738. The SMILES string of the molecule is O=C(NCc1cccnc1)c1cccc([N+](=O)[O-])c1Cl. The molecule has 1 heterocycles. The molecule has 0 atom stereocenters. The van der Waals surface area contributed by atoms with E-state index in [1.54, 1.807) is 18.5 Å². The Bertz CT molecular complexity index is 647. The van der Waals surface area contributed by atoms with Gasteiger partial charge in [0.25, 0.3) is 11.6 Å². The Kier molecular flexibility index (Phi) is 4.27. The van der Waals surface area contributed by atoms with Crippen molar-refractivity contribution in [2.24, 2.45) is 0 Å². The van der Waals surface area contributed by atoms with Crippen LogP contribution in [0.2, 0.25) is 5.02 Å². The van der Waals surface area contributed by atoms with Gasteiger partial charge in [0, 0.05) is 25.0 Å². The van der Waals surface area contributed by atoms with Crippen molar-refractivity contribution in [3.05, 3.63) is 69.0 Å². The van der Waals surface area contributed by atoms with Gasteiger partial charge < -0.3 is 5.32 Å². The molecule has 1 N–H and O–H groups in total. The maximum atomic E-state index is 12.0. The number of hydrogen-bond donors (Lipinski definition) is 1. The zero-order valence-corrected chi connectivity index (χ0v) is 11.0. The van der Waals surface area contributed by atoms with Crippen molar-refractivity contribution in [1.82, 2.24) is 10.3 Å². The fourth-order valence-electron chi connectivity index (χ4n) is 1.62. The van der Waals surface area contributed by atoms with Crippen LogP contribution >= 0.6 is 11.6 Å². The monoisotopic (exact) mass is 291 g/mol. The molecule has 7 heteroatoms. The number of carbonyl (C=O) groups excluding carboxylic acids is 1. The third kappa shape index (κ3) is 3.10. The zero-order chi connectivity index (χ0) is 14.5. The molecule has 0 saturated heterocycles. The summed E-state index contributed by atoms with van der Waals surface area (Å²) in [6, 6.07) is 7.67. The van der Waals surface area contributed by atoms with Crippen LogP contribution < -0.4 is 5.32 Å². The van der Waals surface area contributed by atoms with Gasteiger partial charge in [0.1, 0.15) is 5.02 Å². The van der Waals surface area contributed by atoms with E-state index >= 15 is 0 Å². The number of hydrogen-bond acceptors (Lipinski definition) is 4. The Hall–Kier alpha value is -2.47. The van der Waals surface area contributed by atoms with E-state index in [1.165, 1.54) is 18.2 Å². The highest BCUT2D eigenvalue weighted by Gasteiger charge is 2.19. The summed E-state index contributed by atoms with van der Waals surface area (Å²) in [7, 11) is 0. The molecule has 0 saturated carbocycles. The van der Waals surface area contributed by atoms with Gasteiger partial charge in [-0.2, -0.15) is 0 Å². The Balaban J connectivity index is 2.14. The summed E-state index contributed by atoms with van der Waals surface area (Å²) in [4.78, 5) is 26.0. The van der Waals surface area contributed by atoms with Crippen molar-refractivity contribution in [3.63, 3.8) is 0 Å². The van der Waals surface area contributed by atoms with Gasteiger partial charge in [0.2, 0.25) is 0 Å². The molecular formula is C13H10ClN3O3. The number of aromatic nitrogens is 1. The number of rotatable bonds is 4. The number of carbonyl (C=O) groups is 1. The molecule has 0 bridgehead atoms. The molecule has 1 aromatic carbocycles. The second kappa shape index (κ2) is 6.12. The van der Waals surface area contributed by atoms with E-state index in [0.29, 0.717) is 0 Å². The third-order valence-electron chi connectivity index (χ3n) is 2.60. The van der Waals surface area contributed by atoms with E-state index in [2.05, 4.69) is 10.3 Å². The van der Waals surface area contributed by atoms with Crippen LogP contribution in [0.15, 0.2) is 42.7 Å². The highest BCUT2D eigenvalue weighted by molar-refractivity contribution is 6.35. The second-order valence-electron chi connectivity index (χ2n) is 3.94. The molecular weight excluding hydrogens is 282 g/mol. The van der Waals surface area contributed by atoms with E-state index < -0.39 is 10.8 Å². The van der Waals surface area contributed by atoms with Crippen LogP contribution in [-0.2, 0) is 6.54 Å². The number of nitro groups is 1. The van der Waals surface area contributed by atoms with Crippen molar-refractivity contribution in [2.75, 3.05) is 0 Å². The van der Waals surface area contributed by atoms with Crippen molar-refractivity contribution < 1.29 is 9.72 Å². The first kappa shape index (κ1) is 14.0. The summed E-state index contributed by atoms with van der Waals surface area (Å²) < 4.78 is 0. The minimum atomic E-state index is -0.625. The quantitative estimate of drug-likeness (QED) is 0.693.